The summed E-state index contributed by atoms with van der Waals surface area (Å²) in [7, 11) is 0. The molecule has 1 N–H and O–H groups in total. The van der Waals surface area contributed by atoms with Gasteiger partial charge in [0.25, 0.3) is 0 Å². The van der Waals surface area contributed by atoms with Crippen molar-refractivity contribution >= 4 is 0 Å². The highest BCUT2D eigenvalue weighted by atomic mass is 16.5. The van der Waals surface area contributed by atoms with Gasteiger partial charge in [-0.1, -0.05) is 42.4 Å². The zero-order valence-electron chi connectivity index (χ0n) is 11.7. The number of nitrogens with zero attached hydrogens (tertiary/aromatic N) is 4. The third-order valence-electron chi connectivity index (χ3n) is 3.24. The van der Waals surface area contributed by atoms with Crippen LogP contribution in [-0.2, 0) is 13.0 Å². The molecule has 2 heterocycles. The highest BCUT2D eigenvalue weighted by Gasteiger charge is 2.17. The molecule has 0 amide bonds. The van der Waals surface area contributed by atoms with Gasteiger partial charge in [-0.05, 0) is 5.56 Å². The molecule has 0 spiro atoms. The number of aliphatic hydroxyl groups excluding tert-OH is 1. The van der Waals surface area contributed by atoms with Crippen molar-refractivity contribution in [3.05, 3.63) is 65.8 Å². The van der Waals surface area contributed by atoms with E-state index in [1.807, 2.05) is 41.8 Å². The van der Waals surface area contributed by atoms with Gasteiger partial charge in [-0.2, -0.15) is 4.98 Å². The number of rotatable bonds is 5. The Balaban J connectivity index is 1.83. The van der Waals surface area contributed by atoms with Crippen LogP contribution in [0.5, 0.6) is 0 Å². The summed E-state index contributed by atoms with van der Waals surface area (Å²) in [6, 6.07) is 9.42. The second-order valence-electron chi connectivity index (χ2n) is 4.68. The third kappa shape index (κ3) is 2.85. The number of aliphatic hydroxyl groups is 1. The average molecular weight is 284 g/mol. The molecule has 0 saturated heterocycles. The number of aromatic nitrogens is 4. The number of benzene rings is 1. The molecule has 1 aromatic carbocycles. The molecule has 6 nitrogen and oxygen atoms in total. The number of aryl methyl sites for hydroxylation is 1. The van der Waals surface area contributed by atoms with Crippen molar-refractivity contribution in [2.75, 3.05) is 0 Å². The van der Waals surface area contributed by atoms with E-state index < -0.39 is 6.10 Å². The van der Waals surface area contributed by atoms with Crippen LogP contribution < -0.4 is 0 Å². The zero-order chi connectivity index (χ0) is 14.7. The van der Waals surface area contributed by atoms with Gasteiger partial charge in [0.15, 0.2) is 5.82 Å². The van der Waals surface area contributed by atoms with E-state index in [-0.39, 0.29) is 0 Å². The molecule has 108 valence electrons. The Morgan fingerprint density at radius 3 is 2.81 bits per heavy atom. The Labute approximate surface area is 122 Å². The maximum Gasteiger partial charge on any atom is 0.246 e. The van der Waals surface area contributed by atoms with E-state index in [0.717, 1.165) is 12.0 Å². The van der Waals surface area contributed by atoms with Crippen molar-refractivity contribution in [2.45, 2.75) is 26.0 Å². The lowest BCUT2D eigenvalue weighted by Crippen LogP contribution is -2.10. The fourth-order valence-electron chi connectivity index (χ4n) is 2.13. The summed E-state index contributed by atoms with van der Waals surface area (Å²) < 4.78 is 6.99. The average Bonchev–Trinajstić information content (AvgIpc) is 3.17. The van der Waals surface area contributed by atoms with Crippen LogP contribution in [0.3, 0.4) is 0 Å². The first kappa shape index (κ1) is 13.5. The summed E-state index contributed by atoms with van der Waals surface area (Å²) >= 11 is 0. The summed E-state index contributed by atoms with van der Waals surface area (Å²) in [5.41, 5.74) is 0.796. The van der Waals surface area contributed by atoms with Crippen molar-refractivity contribution in [2.24, 2.45) is 0 Å². The molecule has 0 aliphatic rings. The van der Waals surface area contributed by atoms with Gasteiger partial charge in [0.2, 0.25) is 5.89 Å². The first-order valence-electron chi connectivity index (χ1n) is 6.83. The maximum atomic E-state index is 10.4. The Hall–Kier alpha value is -2.47. The minimum Gasteiger partial charge on any atom is -0.380 e. The highest BCUT2D eigenvalue weighted by Crippen LogP contribution is 2.20. The van der Waals surface area contributed by atoms with Crippen LogP contribution >= 0.6 is 0 Å². The Morgan fingerprint density at radius 1 is 1.29 bits per heavy atom. The van der Waals surface area contributed by atoms with Crippen molar-refractivity contribution in [3.8, 4) is 0 Å². The molecular formula is C15H16N4O2. The second-order valence-corrected chi connectivity index (χ2v) is 4.68. The van der Waals surface area contributed by atoms with Crippen LogP contribution in [-0.4, -0.2) is 24.8 Å². The van der Waals surface area contributed by atoms with E-state index in [4.69, 9.17) is 4.52 Å². The van der Waals surface area contributed by atoms with Crippen molar-refractivity contribution in [1.29, 1.82) is 0 Å². The molecule has 2 aromatic heterocycles. The van der Waals surface area contributed by atoms with E-state index in [1.54, 1.807) is 12.4 Å². The smallest absolute Gasteiger partial charge is 0.246 e. The fourth-order valence-corrected chi connectivity index (χ4v) is 2.13. The van der Waals surface area contributed by atoms with E-state index in [9.17, 15) is 5.11 Å². The van der Waals surface area contributed by atoms with Gasteiger partial charge in [0.05, 0.1) is 0 Å². The molecule has 0 bridgehead atoms. The minimum atomic E-state index is -0.783. The molecule has 1 unspecified atom stereocenters. The first-order valence-corrected chi connectivity index (χ1v) is 6.83. The molecular weight excluding hydrogens is 268 g/mol. The minimum absolute atomic E-state index is 0.395. The lowest BCUT2D eigenvalue weighted by molar-refractivity contribution is 0.204. The van der Waals surface area contributed by atoms with Gasteiger partial charge < -0.3 is 14.2 Å². The molecule has 6 heteroatoms. The molecule has 0 fully saturated rings. The standard InChI is InChI=1S/C15H16N4O2/c1-2-12-17-13(21-18-12)10-19-9-8-16-15(19)14(20)11-6-4-3-5-7-11/h3-9,14,20H,2,10H2,1H3. The molecule has 3 rings (SSSR count). The van der Waals surface area contributed by atoms with Crippen LogP contribution in [0.2, 0.25) is 0 Å². The lowest BCUT2D eigenvalue weighted by Gasteiger charge is -2.12. The molecule has 1 atom stereocenters. The van der Waals surface area contributed by atoms with Crippen molar-refractivity contribution < 1.29 is 9.63 Å². The fraction of sp³-hybridized carbons (Fsp3) is 0.267. The summed E-state index contributed by atoms with van der Waals surface area (Å²) in [6.45, 7) is 2.36. The van der Waals surface area contributed by atoms with Crippen LogP contribution in [0.4, 0.5) is 0 Å². The summed E-state index contributed by atoms with van der Waals surface area (Å²) in [5.74, 6) is 1.74. The summed E-state index contributed by atoms with van der Waals surface area (Å²) in [5, 5.41) is 14.3. The van der Waals surface area contributed by atoms with Crippen LogP contribution in [0.1, 0.15) is 36.1 Å². The molecule has 0 radical (unpaired) electrons. The van der Waals surface area contributed by atoms with Gasteiger partial charge in [-0.25, -0.2) is 4.98 Å². The van der Waals surface area contributed by atoms with Gasteiger partial charge in [-0.15, -0.1) is 0 Å². The van der Waals surface area contributed by atoms with Crippen molar-refractivity contribution in [3.63, 3.8) is 0 Å². The second kappa shape index (κ2) is 5.88. The van der Waals surface area contributed by atoms with Gasteiger partial charge >= 0.3 is 0 Å². The normalized spacial score (nSPS) is 12.5. The Bertz CT molecular complexity index is 705. The van der Waals surface area contributed by atoms with E-state index in [1.165, 1.54) is 0 Å². The Kier molecular flexibility index (Phi) is 3.79. The summed E-state index contributed by atoms with van der Waals surface area (Å²) in [4.78, 5) is 8.51. The van der Waals surface area contributed by atoms with E-state index in [0.29, 0.717) is 24.1 Å². The van der Waals surface area contributed by atoms with E-state index >= 15 is 0 Å². The molecule has 3 aromatic rings. The van der Waals surface area contributed by atoms with Crippen LogP contribution in [0, 0.1) is 0 Å². The summed E-state index contributed by atoms with van der Waals surface area (Å²) in [6.07, 6.45) is 3.39. The topological polar surface area (TPSA) is 77.0 Å². The quantitative estimate of drug-likeness (QED) is 0.775. The van der Waals surface area contributed by atoms with Gasteiger partial charge in [0, 0.05) is 18.8 Å². The lowest BCUT2D eigenvalue weighted by atomic mass is 10.1. The highest BCUT2D eigenvalue weighted by molar-refractivity contribution is 5.23. The van der Waals surface area contributed by atoms with Gasteiger partial charge in [-0.3, -0.25) is 0 Å². The SMILES string of the molecule is CCc1noc(Cn2ccnc2C(O)c2ccccc2)n1. The predicted octanol–water partition coefficient (Wildman–Crippen LogP) is 1.96. The zero-order valence-corrected chi connectivity index (χ0v) is 11.7. The third-order valence-corrected chi connectivity index (χ3v) is 3.24. The largest absolute Gasteiger partial charge is 0.380 e. The predicted molar refractivity (Wildman–Crippen MR) is 75.5 cm³/mol. The maximum absolute atomic E-state index is 10.4. The van der Waals surface area contributed by atoms with Crippen LogP contribution in [0.25, 0.3) is 0 Å². The van der Waals surface area contributed by atoms with Crippen LogP contribution in [0.15, 0.2) is 47.2 Å². The first-order chi connectivity index (χ1) is 10.3. The monoisotopic (exact) mass is 284 g/mol. The molecule has 0 aliphatic carbocycles. The molecule has 0 aliphatic heterocycles. The Morgan fingerprint density at radius 2 is 2.10 bits per heavy atom. The van der Waals surface area contributed by atoms with E-state index in [2.05, 4.69) is 15.1 Å². The van der Waals surface area contributed by atoms with Gasteiger partial charge in [0.1, 0.15) is 18.5 Å². The molecule has 0 saturated carbocycles. The molecule has 21 heavy (non-hydrogen) atoms. The number of imidazole rings is 1. The van der Waals surface area contributed by atoms with Crippen molar-refractivity contribution in [1.82, 2.24) is 19.7 Å². The number of hydrogen-bond acceptors (Lipinski definition) is 5. The number of hydrogen-bond donors (Lipinski definition) is 1.